The van der Waals surface area contributed by atoms with Crippen LogP contribution < -0.4 is 0 Å². The Morgan fingerprint density at radius 2 is 2.25 bits per heavy atom. The number of rotatable bonds is 1. The van der Waals surface area contributed by atoms with Crippen LogP contribution in [0.15, 0.2) is 12.1 Å². The van der Waals surface area contributed by atoms with Crippen LogP contribution in [0.25, 0.3) is 0 Å². The summed E-state index contributed by atoms with van der Waals surface area (Å²) in [5.74, 6) is 0. The average Bonchev–Trinajstić information content (AvgIpc) is 2.68. The summed E-state index contributed by atoms with van der Waals surface area (Å²) in [5, 5.41) is 0.565. The summed E-state index contributed by atoms with van der Waals surface area (Å²) in [7, 11) is 0. The Morgan fingerprint density at radius 3 is 2.75 bits per heavy atom. The summed E-state index contributed by atoms with van der Waals surface area (Å²) in [6.07, 6.45) is 0. The highest BCUT2D eigenvalue weighted by molar-refractivity contribution is 6.30. The second-order valence-electron chi connectivity index (χ2n) is 3.31. The number of hydrogen-bond acceptors (Lipinski definition) is 2. The largest absolute Gasteiger partial charge is 0.365 e. The van der Waals surface area contributed by atoms with Gasteiger partial charge in [0, 0.05) is 11.3 Å². The molecular weight excluding hydrogens is 174 g/mol. The number of ether oxygens (including phenoxy) is 1. The zero-order valence-corrected chi connectivity index (χ0v) is 7.85. The normalized spacial score (nSPS) is 27.2. The molecule has 12 heavy (non-hydrogen) atoms. The molecule has 0 saturated carbocycles. The van der Waals surface area contributed by atoms with Gasteiger partial charge < -0.3 is 4.74 Å². The SMILES string of the molecule is Cc1ccc(C2(C)CO2)c(Cl)n1. The van der Waals surface area contributed by atoms with Crippen molar-refractivity contribution in [3.8, 4) is 0 Å². The third-order valence-corrected chi connectivity index (χ3v) is 2.42. The van der Waals surface area contributed by atoms with E-state index in [1.165, 1.54) is 0 Å². The van der Waals surface area contributed by atoms with Crippen LogP contribution in [-0.4, -0.2) is 11.6 Å². The van der Waals surface area contributed by atoms with Crippen molar-refractivity contribution in [2.24, 2.45) is 0 Å². The minimum Gasteiger partial charge on any atom is -0.365 e. The molecule has 1 fully saturated rings. The van der Waals surface area contributed by atoms with Crippen molar-refractivity contribution >= 4 is 11.6 Å². The molecule has 1 saturated heterocycles. The van der Waals surface area contributed by atoms with Gasteiger partial charge in [0.1, 0.15) is 10.8 Å². The molecule has 0 N–H and O–H groups in total. The van der Waals surface area contributed by atoms with Crippen LogP contribution in [0.1, 0.15) is 18.2 Å². The second-order valence-corrected chi connectivity index (χ2v) is 3.67. The maximum atomic E-state index is 5.96. The lowest BCUT2D eigenvalue weighted by Crippen LogP contribution is -2.04. The van der Waals surface area contributed by atoms with Gasteiger partial charge in [-0.2, -0.15) is 0 Å². The fourth-order valence-corrected chi connectivity index (χ4v) is 1.58. The summed E-state index contributed by atoms with van der Waals surface area (Å²) in [6.45, 7) is 4.69. The van der Waals surface area contributed by atoms with Gasteiger partial charge in [-0.3, -0.25) is 0 Å². The molecule has 0 amide bonds. The molecule has 1 aromatic rings. The van der Waals surface area contributed by atoms with E-state index in [1.807, 2.05) is 26.0 Å². The molecule has 1 atom stereocenters. The lowest BCUT2D eigenvalue weighted by molar-refractivity contribution is 0.329. The van der Waals surface area contributed by atoms with E-state index in [0.717, 1.165) is 17.9 Å². The third kappa shape index (κ3) is 1.21. The van der Waals surface area contributed by atoms with Crippen molar-refractivity contribution in [3.05, 3.63) is 28.5 Å². The number of aryl methyl sites for hydroxylation is 1. The Hall–Kier alpha value is -0.600. The molecular formula is C9H10ClNO. The highest BCUT2D eigenvalue weighted by atomic mass is 35.5. The van der Waals surface area contributed by atoms with Crippen LogP contribution in [0.4, 0.5) is 0 Å². The number of halogens is 1. The number of aromatic nitrogens is 1. The zero-order valence-electron chi connectivity index (χ0n) is 7.10. The molecule has 0 aromatic carbocycles. The highest BCUT2D eigenvalue weighted by Gasteiger charge is 2.43. The van der Waals surface area contributed by atoms with Crippen molar-refractivity contribution in [2.45, 2.75) is 19.4 Å². The first kappa shape index (κ1) is 8.02. The predicted molar refractivity (Wildman–Crippen MR) is 47.3 cm³/mol. The smallest absolute Gasteiger partial charge is 0.135 e. The van der Waals surface area contributed by atoms with Crippen molar-refractivity contribution < 1.29 is 4.74 Å². The summed E-state index contributed by atoms with van der Waals surface area (Å²) >= 11 is 5.96. The molecule has 1 aliphatic heterocycles. The van der Waals surface area contributed by atoms with Gasteiger partial charge in [0.2, 0.25) is 0 Å². The number of pyridine rings is 1. The topological polar surface area (TPSA) is 25.4 Å². The van der Waals surface area contributed by atoms with E-state index < -0.39 is 0 Å². The molecule has 0 aliphatic carbocycles. The van der Waals surface area contributed by atoms with Crippen LogP contribution in [-0.2, 0) is 10.3 Å². The highest BCUT2D eigenvalue weighted by Crippen LogP contribution is 2.40. The molecule has 0 radical (unpaired) electrons. The van der Waals surface area contributed by atoms with Gasteiger partial charge in [-0.25, -0.2) is 4.98 Å². The minimum absolute atomic E-state index is 0.169. The zero-order chi connectivity index (χ0) is 8.77. The third-order valence-electron chi connectivity index (χ3n) is 2.14. The van der Waals surface area contributed by atoms with Crippen molar-refractivity contribution in [2.75, 3.05) is 6.61 Å². The molecule has 0 bridgehead atoms. The van der Waals surface area contributed by atoms with Gasteiger partial charge in [-0.1, -0.05) is 17.7 Å². The van der Waals surface area contributed by atoms with E-state index in [9.17, 15) is 0 Å². The summed E-state index contributed by atoms with van der Waals surface area (Å²) in [5.41, 5.74) is 1.76. The quantitative estimate of drug-likeness (QED) is 0.493. The first-order chi connectivity index (χ1) is 5.62. The molecule has 64 valence electrons. The van der Waals surface area contributed by atoms with Crippen LogP contribution in [0.5, 0.6) is 0 Å². The monoisotopic (exact) mass is 183 g/mol. The first-order valence-corrected chi connectivity index (χ1v) is 4.27. The fourth-order valence-electron chi connectivity index (χ4n) is 1.18. The minimum atomic E-state index is -0.169. The van der Waals surface area contributed by atoms with E-state index in [2.05, 4.69) is 4.98 Å². The standard InChI is InChI=1S/C9H10ClNO/c1-6-3-4-7(8(10)11-6)9(2)5-12-9/h3-4H,5H2,1-2H3. The Labute approximate surface area is 76.5 Å². The summed E-state index contributed by atoms with van der Waals surface area (Å²) in [6, 6.07) is 3.94. The van der Waals surface area contributed by atoms with Gasteiger partial charge >= 0.3 is 0 Å². The number of epoxide rings is 1. The van der Waals surface area contributed by atoms with Crippen LogP contribution in [0, 0.1) is 6.92 Å². The van der Waals surface area contributed by atoms with Crippen LogP contribution in [0.3, 0.4) is 0 Å². The van der Waals surface area contributed by atoms with Crippen LogP contribution in [0.2, 0.25) is 5.15 Å². The summed E-state index contributed by atoms with van der Waals surface area (Å²) in [4.78, 5) is 4.17. The van der Waals surface area contributed by atoms with E-state index in [1.54, 1.807) is 0 Å². The lowest BCUT2D eigenvalue weighted by atomic mass is 10.0. The first-order valence-electron chi connectivity index (χ1n) is 3.89. The molecule has 0 spiro atoms. The predicted octanol–water partition coefficient (Wildman–Crippen LogP) is 2.29. The maximum absolute atomic E-state index is 5.96. The van der Waals surface area contributed by atoms with E-state index in [0.29, 0.717) is 5.15 Å². The van der Waals surface area contributed by atoms with E-state index in [-0.39, 0.29) is 5.60 Å². The molecule has 3 heteroatoms. The molecule has 2 nitrogen and oxygen atoms in total. The molecule has 1 aliphatic rings. The van der Waals surface area contributed by atoms with Gasteiger partial charge in [-0.15, -0.1) is 0 Å². The Bertz CT molecular complexity index is 320. The number of hydrogen-bond donors (Lipinski definition) is 0. The van der Waals surface area contributed by atoms with Gasteiger partial charge in [0.25, 0.3) is 0 Å². The Balaban J connectivity index is 2.45. The number of nitrogens with zero attached hydrogens (tertiary/aromatic N) is 1. The molecule has 2 rings (SSSR count). The molecule has 2 heterocycles. The van der Waals surface area contributed by atoms with Gasteiger partial charge in [0.15, 0.2) is 0 Å². The molecule has 1 unspecified atom stereocenters. The van der Waals surface area contributed by atoms with Crippen LogP contribution >= 0.6 is 11.6 Å². The maximum Gasteiger partial charge on any atom is 0.135 e. The van der Waals surface area contributed by atoms with E-state index in [4.69, 9.17) is 16.3 Å². The molecule has 1 aromatic heterocycles. The average molecular weight is 184 g/mol. The van der Waals surface area contributed by atoms with E-state index >= 15 is 0 Å². The fraction of sp³-hybridized carbons (Fsp3) is 0.444. The van der Waals surface area contributed by atoms with Crippen molar-refractivity contribution in [1.29, 1.82) is 0 Å². The van der Waals surface area contributed by atoms with Gasteiger partial charge in [-0.05, 0) is 19.9 Å². The summed E-state index contributed by atoms with van der Waals surface area (Å²) < 4.78 is 5.28. The lowest BCUT2D eigenvalue weighted by Gasteiger charge is -2.07. The Kier molecular flexibility index (Phi) is 1.63. The Morgan fingerprint density at radius 1 is 1.58 bits per heavy atom. The second kappa shape index (κ2) is 2.44. The van der Waals surface area contributed by atoms with Crippen molar-refractivity contribution in [3.63, 3.8) is 0 Å². The van der Waals surface area contributed by atoms with Gasteiger partial charge in [0.05, 0.1) is 6.61 Å². The van der Waals surface area contributed by atoms with Crippen molar-refractivity contribution in [1.82, 2.24) is 4.98 Å².